The Morgan fingerprint density at radius 1 is 1.16 bits per heavy atom. The van der Waals surface area contributed by atoms with Gasteiger partial charge in [0.05, 0.1) is 12.5 Å². The maximum absolute atomic E-state index is 11.9. The molecule has 0 heterocycles. The summed E-state index contributed by atoms with van der Waals surface area (Å²) in [7, 11) is 0. The van der Waals surface area contributed by atoms with E-state index in [1.165, 1.54) is 44.9 Å². The fraction of sp³-hybridized carbons (Fsp3) is 0.824. The number of rotatable bonds is 3. The zero-order valence-electron chi connectivity index (χ0n) is 12.7. The van der Waals surface area contributed by atoms with Crippen molar-refractivity contribution in [3.63, 3.8) is 0 Å². The molecule has 0 fully saturated rings. The van der Waals surface area contributed by atoms with Gasteiger partial charge in [0.1, 0.15) is 0 Å². The molecule has 0 saturated heterocycles. The van der Waals surface area contributed by atoms with Crippen LogP contribution in [0.15, 0.2) is 12.2 Å². The Labute approximate surface area is 118 Å². The van der Waals surface area contributed by atoms with E-state index in [4.69, 9.17) is 4.74 Å². The molecule has 2 unspecified atom stereocenters. The van der Waals surface area contributed by atoms with Crippen molar-refractivity contribution >= 4 is 5.97 Å². The summed E-state index contributed by atoms with van der Waals surface area (Å²) in [6, 6.07) is 0. The maximum Gasteiger partial charge on any atom is 0.309 e. The molecule has 0 aliphatic heterocycles. The third kappa shape index (κ3) is 6.79. The van der Waals surface area contributed by atoms with Crippen LogP contribution in [0.4, 0.5) is 0 Å². The van der Waals surface area contributed by atoms with E-state index in [-0.39, 0.29) is 11.9 Å². The average Bonchev–Trinajstić information content (AvgIpc) is 2.39. The molecule has 0 bridgehead atoms. The molecule has 1 aliphatic rings. The summed E-state index contributed by atoms with van der Waals surface area (Å²) in [5.74, 6) is 0.321. The summed E-state index contributed by atoms with van der Waals surface area (Å²) in [6.45, 7) is 4.37. The molecular formula is C17H30O2. The monoisotopic (exact) mass is 266 g/mol. The largest absolute Gasteiger partial charge is 0.466 e. The third-order valence-corrected chi connectivity index (χ3v) is 4.09. The molecular weight excluding hydrogens is 236 g/mol. The molecule has 1 aliphatic carbocycles. The van der Waals surface area contributed by atoms with E-state index in [0.29, 0.717) is 12.5 Å². The molecule has 0 aromatic heterocycles. The van der Waals surface area contributed by atoms with Crippen LogP contribution in [-0.2, 0) is 9.53 Å². The fourth-order valence-electron chi connectivity index (χ4n) is 2.76. The van der Waals surface area contributed by atoms with Crippen LogP contribution >= 0.6 is 0 Å². The van der Waals surface area contributed by atoms with Gasteiger partial charge in [-0.2, -0.15) is 0 Å². The number of ether oxygens (including phenoxy) is 1. The van der Waals surface area contributed by atoms with Crippen molar-refractivity contribution in [2.75, 3.05) is 6.61 Å². The lowest BCUT2D eigenvalue weighted by molar-refractivity contribution is -0.148. The highest BCUT2D eigenvalue weighted by Crippen LogP contribution is 2.24. The smallest absolute Gasteiger partial charge is 0.309 e. The minimum Gasteiger partial charge on any atom is -0.466 e. The Kier molecular flexibility index (Phi) is 8.61. The van der Waals surface area contributed by atoms with Gasteiger partial charge in [0, 0.05) is 0 Å². The van der Waals surface area contributed by atoms with Crippen molar-refractivity contribution in [1.82, 2.24) is 0 Å². The van der Waals surface area contributed by atoms with Crippen LogP contribution in [-0.4, -0.2) is 12.6 Å². The lowest BCUT2D eigenvalue weighted by atomic mass is 9.87. The van der Waals surface area contributed by atoms with Crippen LogP contribution in [0.2, 0.25) is 0 Å². The predicted molar refractivity (Wildman–Crippen MR) is 80.0 cm³/mol. The first-order valence-corrected chi connectivity index (χ1v) is 8.09. The molecule has 2 atom stereocenters. The Morgan fingerprint density at radius 2 is 1.79 bits per heavy atom. The van der Waals surface area contributed by atoms with Gasteiger partial charge in [0.2, 0.25) is 0 Å². The van der Waals surface area contributed by atoms with Gasteiger partial charge in [-0.1, -0.05) is 57.6 Å². The number of allylic oxidation sites excluding steroid dienone is 2. The zero-order chi connectivity index (χ0) is 13.9. The molecule has 0 N–H and O–H groups in total. The van der Waals surface area contributed by atoms with E-state index in [0.717, 1.165) is 12.8 Å². The number of esters is 1. The van der Waals surface area contributed by atoms with Crippen molar-refractivity contribution in [2.45, 2.75) is 71.6 Å². The molecule has 0 saturated carbocycles. The lowest BCUT2D eigenvalue weighted by Gasteiger charge is -2.20. The van der Waals surface area contributed by atoms with Gasteiger partial charge in [0.15, 0.2) is 0 Å². The van der Waals surface area contributed by atoms with E-state index < -0.39 is 0 Å². The van der Waals surface area contributed by atoms with Gasteiger partial charge < -0.3 is 4.74 Å². The molecule has 0 spiro atoms. The summed E-state index contributed by atoms with van der Waals surface area (Å²) in [5, 5.41) is 0. The van der Waals surface area contributed by atoms with Crippen LogP contribution in [0.5, 0.6) is 0 Å². The van der Waals surface area contributed by atoms with E-state index in [1.54, 1.807) is 0 Å². The quantitative estimate of drug-likeness (QED) is 0.537. The van der Waals surface area contributed by atoms with E-state index in [9.17, 15) is 4.79 Å². The van der Waals surface area contributed by atoms with Crippen molar-refractivity contribution in [2.24, 2.45) is 11.8 Å². The van der Waals surface area contributed by atoms with Gasteiger partial charge >= 0.3 is 5.97 Å². The topological polar surface area (TPSA) is 26.3 Å². The number of hydrogen-bond acceptors (Lipinski definition) is 2. The number of carbonyl (C=O) groups excluding carboxylic acids is 1. The standard InChI is InChI=1S/C17H30O2/c1-3-19-17(18)15(2)16-13-11-9-7-5-4-6-8-10-12-14-16/h11,13,15-16H,3-10,12,14H2,1-2H3. The molecule has 2 heteroatoms. The molecule has 2 nitrogen and oxygen atoms in total. The maximum atomic E-state index is 11.9. The zero-order valence-corrected chi connectivity index (χ0v) is 12.7. The van der Waals surface area contributed by atoms with Crippen LogP contribution in [0.1, 0.15) is 71.6 Å². The summed E-state index contributed by atoms with van der Waals surface area (Å²) < 4.78 is 5.16. The minimum atomic E-state index is -0.0377. The second-order valence-electron chi connectivity index (χ2n) is 5.68. The summed E-state index contributed by atoms with van der Waals surface area (Å²) >= 11 is 0. The highest BCUT2D eigenvalue weighted by molar-refractivity contribution is 5.72. The van der Waals surface area contributed by atoms with Crippen LogP contribution < -0.4 is 0 Å². The number of hydrogen-bond donors (Lipinski definition) is 0. The molecule has 0 aromatic rings. The second kappa shape index (κ2) is 10.1. The first kappa shape index (κ1) is 16.3. The minimum absolute atomic E-state index is 0.000796. The molecule has 1 rings (SSSR count). The Bertz CT molecular complexity index is 270. The highest BCUT2D eigenvalue weighted by atomic mass is 16.5. The Balaban J connectivity index is 2.53. The summed E-state index contributed by atoms with van der Waals surface area (Å²) in [5.41, 5.74) is 0. The lowest BCUT2D eigenvalue weighted by Crippen LogP contribution is -2.22. The molecule has 0 amide bonds. The predicted octanol–water partition coefficient (Wildman–Crippen LogP) is 4.88. The first-order valence-electron chi connectivity index (χ1n) is 8.09. The van der Waals surface area contributed by atoms with E-state index >= 15 is 0 Å². The van der Waals surface area contributed by atoms with Gasteiger partial charge in [-0.25, -0.2) is 0 Å². The average molecular weight is 266 g/mol. The fourth-order valence-corrected chi connectivity index (χ4v) is 2.76. The van der Waals surface area contributed by atoms with Gasteiger partial charge in [-0.3, -0.25) is 4.79 Å². The van der Waals surface area contributed by atoms with E-state index in [2.05, 4.69) is 12.2 Å². The summed E-state index contributed by atoms with van der Waals surface area (Å²) in [6.07, 6.45) is 16.1. The highest BCUT2D eigenvalue weighted by Gasteiger charge is 2.22. The van der Waals surface area contributed by atoms with Crippen LogP contribution in [0.3, 0.4) is 0 Å². The van der Waals surface area contributed by atoms with E-state index in [1.807, 2.05) is 13.8 Å². The molecule has 110 valence electrons. The Morgan fingerprint density at radius 3 is 2.47 bits per heavy atom. The molecule has 0 aromatic carbocycles. The van der Waals surface area contributed by atoms with Crippen LogP contribution in [0.25, 0.3) is 0 Å². The molecule has 19 heavy (non-hydrogen) atoms. The van der Waals surface area contributed by atoms with Crippen molar-refractivity contribution in [3.05, 3.63) is 12.2 Å². The first-order chi connectivity index (χ1) is 9.25. The third-order valence-electron chi connectivity index (χ3n) is 4.09. The normalized spacial score (nSPS) is 24.0. The SMILES string of the molecule is CCOC(=O)C(C)C1C=CCCCCCCCCC1. The van der Waals surface area contributed by atoms with Gasteiger partial charge in [-0.15, -0.1) is 0 Å². The van der Waals surface area contributed by atoms with Crippen molar-refractivity contribution in [3.8, 4) is 0 Å². The van der Waals surface area contributed by atoms with Crippen molar-refractivity contribution in [1.29, 1.82) is 0 Å². The van der Waals surface area contributed by atoms with Gasteiger partial charge in [-0.05, 0) is 32.1 Å². The van der Waals surface area contributed by atoms with Crippen LogP contribution in [0, 0.1) is 11.8 Å². The number of carbonyl (C=O) groups is 1. The van der Waals surface area contributed by atoms with Crippen molar-refractivity contribution < 1.29 is 9.53 Å². The Hall–Kier alpha value is -0.790. The van der Waals surface area contributed by atoms with Gasteiger partial charge in [0.25, 0.3) is 0 Å². The molecule has 0 radical (unpaired) electrons. The second-order valence-corrected chi connectivity index (χ2v) is 5.68. The summed E-state index contributed by atoms with van der Waals surface area (Å²) in [4.78, 5) is 11.9.